The standard InChI is InChI=1S/C30H29N7O/c1-18(2)12-27(38)35-22-13-20(15-32-17-22)21-14-24(30(31-4)34-16-21)19(3)29-36-26-10-7-8-23(28(26)37-29)25-9-5-6-11-33-25/h5-11,13-18H,3,12H2,1-2,4H3,(H,31,34)(H,35,38)(H,36,37). The Kier molecular flexibility index (Phi) is 6.95. The molecule has 3 N–H and O–H groups in total. The summed E-state index contributed by atoms with van der Waals surface area (Å²) in [6.45, 7) is 8.38. The molecule has 0 aliphatic carbocycles. The van der Waals surface area contributed by atoms with Gasteiger partial charge in [0.25, 0.3) is 0 Å². The predicted molar refractivity (Wildman–Crippen MR) is 153 cm³/mol. The van der Waals surface area contributed by atoms with E-state index >= 15 is 0 Å². The van der Waals surface area contributed by atoms with E-state index in [1.165, 1.54) is 0 Å². The summed E-state index contributed by atoms with van der Waals surface area (Å²) in [4.78, 5) is 34.0. The molecule has 0 radical (unpaired) electrons. The first-order valence-corrected chi connectivity index (χ1v) is 12.5. The SMILES string of the molecule is C=C(c1nc2c(-c3ccccn3)cccc2[nH]1)c1cc(-c2cncc(NC(=O)CC(C)C)c2)cnc1NC. The second-order valence-electron chi connectivity index (χ2n) is 9.46. The first kappa shape index (κ1) is 24.8. The van der Waals surface area contributed by atoms with Gasteiger partial charge in [0.1, 0.15) is 11.6 Å². The highest BCUT2D eigenvalue weighted by molar-refractivity contribution is 5.94. The van der Waals surface area contributed by atoms with Gasteiger partial charge in [0, 0.05) is 59.9 Å². The van der Waals surface area contributed by atoms with Crippen LogP contribution in [-0.2, 0) is 4.79 Å². The lowest BCUT2D eigenvalue weighted by Gasteiger charge is -2.12. The molecular formula is C30H29N7O. The molecule has 4 aromatic heterocycles. The van der Waals surface area contributed by atoms with Crippen molar-refractivity contribution in [1.82, 2.24) is 24.9 Å². The van der Waals surface area contributed by atoms with Crippen molar-refractivity contribution >= 4 is 34.0 Å². The highest BCUT2D eigenvalue weighted by Gasteiger charge is 2.17. The molecule has 190 valence electrons. The third kappa shape index (κ3) is 5.15. The molecule has 0 unspecified atom stereocenters. The van der Waals surface area contributed by atoms with Crippen molar-refractivity contribution in [1.29, 1.82) is 0 Å². The summed E-state index contributed by atoms with van der Waals surface area (Å²) < 4.78 is 0. The summed E-state index contributed by atoms with van der Waals surface area (Å²) in [5.74, 6) is 1.56. The number of aromatic amines is 1. The molecular weight excluding hydrogens is 474 g/mol. The molecule has 5 rings (SSSR count). The summed E-state index contributed by atoms with van der Waals surface area (Å²) in [5, 5.41) is 6.09. The molecule has 8 nitrogen and oxygen atoms in total. The van der Waals surface area contributed by atoms with Crippen LogP contribution in [-0.4, -0.2) is 37.9 Å². The number of H-pyrrole nitrogens is 1. The number of anilines is 2. The second kappa shape index (κ2) is 10.6. The van der Waals surface area contributed by atoms with Crippen LogP contribution in [0.4, 0.5) is 11.5 Å². The first-order chi connectivity index (χ1) is 18.4. The smallest absolute Gasteiger partial charge is 0.224 e. The number of hydrogen-bond acceptors (Lipinski definition) is 6. The summed E-state index contributed by atoms with van der Waals surface area (Å²) in [7, 11) is 1.82. The number of hydrogen-bond donors (Lipinski definition) is 3. The van der Waals surface area contributed by atoms with Crippen molar-refractivity contribution < 1.29 is 4.79 Å². The number of nitrogens with zero attached hydrogens (tertiary/aromatic N) is 4. The number of para-hydroxylation sites is 1. The zero-order valence-corrected chi connectivity index (χ0v) is 21.6. The van der Waals surface area contributed by atoms with Gasteiger partial charge >= 0.3 is 0 Å². The summed E-state index contributed by atoms with van der Waals surface area (Å²) in [6, 6.07) is 15.7. The van der Waals surface area contributed by atoms with Crippen LogP contribution >= 0.6 is 0 Å². The van der Waals surface area contributed by atoms with Crippen molar-refractivity contribution in [3.05, 3.63) is 91.3 Å². The Bertz CT molecular complexity index is 1620. The van der Waals surface area contributed by atoms with Gasteiger partial charge < -0.3 is 15.6 Å². The maximum atomic E-state index is 12.3. The largest absolute Gasteiger partial charge is 0.373 e. The molecule has 0 aliphatic heterocycles. The van der Waals surface area contributed by atoms with Crippen LogP contribution in [0.3, 0.4) is 0 Å². The summed E-state index contributed by atoms with van der Waals surface area (Å²) in [5.41, 5.74) is 7.34. The highest BCUT2D eigenvalue weighted by atomic mass is 16.1. The van der Waals surface area contributed by atoms with Gasteiger partial charge in [-0.1, -0.05) is 38.6 Å². The second-order valence-corrected chi connectivity index (χ2v) is 9.46. The lowest BCUT2D eigenvalue weighted by Crippen LogP contribution is -2.14. The molecule has 5 aromatic rings. The number of fused-ring (bicyclic) bond motifs is 1. The van der Waals surface area contributed by atoms with Crippen molar-refractivity contribution in [2.24, 2.45) is 5.92 Å². The molecule has 0 aliphatic rings. The highest BCUT2D eigenvalue weighted by Crippen LogP contribution is 2.33. The van der Waals surface area contributed by atoms with E-state index in [4.69, 9.17) is 4.98 Å². The van der Waals surface area contributed by atoms with Crippen LogP contribution in [0.25, 0.3) is 39.0 Å². The van der Waals surface area contributed by atoms with Crippen molar-refractivity contribution in [2.75, 3.05) is 17.7 Å². The maximum Gasteiger partial charge on any atom is 0.224 e. The van der Waals surface area contributed by atoms with Gasteiger partial charge in [-0.05, 0) is 36.2 Å². The number of nitrogens with one attached hydrogen (secondary N) is 3. The van der Waals surface area contributed by atoms with Crippen LogP contribution < -0.4 is 10.6 Å². The van der Waals surface area contributed by atoms with Gasteiger partial charge in [-0.2, -0.15) is 0 Å². The molecule has 8 heteroatoms. The fraction of sp³-hybridized carbons (Fsp3) is 0.167. The zero-order chi connectivity index (χ0) is 26.6. The molecule has 0 bridgehead atoms. The number of carbonyl (C=O) groups excluding carboxylic acids is 1. The maximum absolute atomic E-state index is 12.3. The first-order valence-electron chi connectivity index (χ1n) is 12.5. The average Bonchev–Trinajstić information content (AvgIpc) is 3.37. The van der Waals surface area contributed by atoms with E-state index in [-0.39, 0.29) is 11.8 Å². The van der Waals surface area contributed by atoms with Crippen molar-refractivity contribution in [2.45, 2.75) is 20.3 Å². The zero-order valence-electron chi connectivity index (χ0n) is 21.6. The Hall–Kier alpha value is -4.85. The fourth-order valence-electron chi connectivity index (χ4n) is 4.33. The number of rotatable bonds is 8. The minimum atomic E-state index is -0.0355. The van der Waals surface area contributed by atoms with E-state index in [0.717, 1.165) is 39.0 Å². The molecule has 0 saturated carbocycles. The van der Waals surface area contributed by atoms with E-state index in [1.54, 1.807) is 24.8 Å². The Labute approximate surface area is 221 Å². The number of pyridine rings is 3. The van der Waals surface area contributed by atoms with Crippen LogP contribution in [0.2, 0.25) is 0 Å². The van der Waals surface area contributed by atoms with E-state index in [0.29, 0.717) is 29.3 Å². The fourth-order valence-corrected chi connectivity index (χ4v) is 4.33. The molecule has 1 amide bonds. The average molecular weight is 504 g/mol. The van der Waals surface area contributed by atoms with E-state index in [9.17, 15) is 4.79 Å². The van der Waals surface area contributed by atoms with Crippen molar-refractivity contribution in [3.63, 3.8) is 0 Å². The monoisotopic (exact) mass is 503 g/mol. The van der Waals surface area contributed by atoms with Gasteiger partial charge in [0.2, 0.25) is 5.91 Å². The Balaban J connectivity index is 1.50. The van der Waals surface area contributed by atoms with Crippen molar-refractivity contribution in [3.8, 4) is 22.4 Å². The minimum Gasteiger partial charge on any atom is -0.373 e. The van der Waals surface area contributed by atoms with Gasteiger partial charge in [-0.15, -0.1) is 0 Å². The number of amides is 1. The molecule has 0 fully saturated rings. The molecule has 4 heterocycles. The lowest BCUT2D eigenvalue weighted by atomic mass is 10.0. The Morgan fingerprint density at radius 1 is 1.03 bits per heavy atom. The van der Waals surface area contributed by atoms with E-state index in [2.05, 4.69) is 37.1 Å². The van der Waals surface area contributed by atoms with Gasteiger partial charge in [0.05, 0.1) is 28.6 Å². The third-order valence-electron chi connectivity index (χ3n) is 6.14. The minimum absolute atomic E-state index is 0.0355. The third-order valence-corrected chi connectivity index (χ3v) is 6.14. The summed E-state index contributed by atoms with van der Waals surface area (Å²) in [6.07, 6.45) is 7.39. The van der Waals surface area contributed by atoms with E-state index in [1.807, 2.05) is 69.4 Å². The normalized spacial score (nSPS) is 11.1. The molecule has 0 spiro atoms. The van der Waals surface area contributed by atoms with Gasteiger partial charge in [0.15, 0.2) is 0 Å². The topological polar surface area (TPSA) is 108 Å². The number of aromatic nitrogens is 5. The number of imidazole rings is 1. The van der Waals surface area contributed by atoms with Crippen LogP contribution in [0.5, 0.6) is 0 Å². The van der Waals surface area contributed by atoms with Crippen LogP contribution in [0.15, 0.2) is 79.9 Å². The Morgan fingerprint density at radius 2 is 1.87 bits per heavy atom. The molecule has 0 atom stereocenters. The predicted octanol–water partition coefficient (Wildman–Crippen LogP) is 6.17. The van der Waals surface area contributed by atoms with Gasteiger partial charge in [-0.3, -0.25) is 14.8 Å². The van der Waals surface area contributed by atoms with Crippen LogP contribution in [0.1, 0.15) is 31.7 Å². The quantitative estimate of drug-likeness (QED) is 0.234. The Morgan fingerprint density at radius 3 is 2.63 bits per heavy atom. The van der Waals surface area contributed by atoms with E-state index < -0.39 is 0 Å². The van der Waals surface area contributed by atoms with Crippen LogP contribution in [0, 0.1) is 5.92 Å². The number of benzene rings is 1. The summed E-state index contributed by atoms with van der Waals surface area (Å²) >= 11 is 0. The molecule has 1 aromatic carbocycles. The lowest BCUT2D eigenvalue weighted by molar-refractivity contribution is -0.116. The van der Waals surface area contributed by atoms with Gasteiger partial charge in [-0.25, -0.2) is 9.97 Å². The molecule has 38 heavy (non-hydrogen) atoms. The number of carbonyl (C=O) groups is 1. The molecule has 0 saturated heterocycles.